The van der Waals surface area contributed by atoms with Crippen LogP contribution in [0.4, 0.5) is 10.2 Å². The number of fused-ring (bicyclic) bond motifs is 3. The van der Waals surface area contributed by atoms with Crippen molar-refractivity contribution in [1.29, 1.82) is 0 Å². The number of ether oxygens (including phenoxy) is 3. The molecule has 6 heterocycles. The molecular formula is C36H43ClFN7O4S. The second kappa shape index (κ2) is 12.5. The van der Waals surface area contributed by atoms with Gasteiger partial charge < -0.3 is 19.1 Å². The molecule has 1 N–H and O–H groups in total. The fourth-order valence-electron chi connectivity index (χ4n) is 9.77. The van der Waals surface area contributed by atoms with Gasteiger partial charge in [0, 0.05) is 75.5 Å². The molecular weight excluding hydrogens is 681 g/mol. The van der Waals surface area contributed by atoms with Crippen LogP contribution in [-0.2, 0) is 15.5 Å². The summed E-state index contributed by atoms with van der Waals surface area (Å²) in [7, 11) is 0.914. The van der Waals surface area contributed by atoms with Gasteiger partial charge in [0.1, 0.15) is 22.4 Å². The van der Waals surface area contributed by atoms with E-state index in [9.17, 15) is 4.21 Å². The fraction of sp³-hybridized carbons (Fsp3) is 0.611. The maximum atomic E-state index is 17.1. The fourth-order valence-corrected chi connectivity index (χ4v) is 11.7. The maximum absolute atomic E-state index is 17.1. The van der Waals surface area contributed by atoms with Crippen molar-refractivity contribution in [2.75, 3.05) is 63.0 Å². The van der Waals surface area contributed by atoms with Crippen LogP contribution in [0, 0.1) is 23.6 Å². The first-order valence-corrected chi connectivity index (χ1v) is 19.8. The van der Waals surface area contributed by atoms with Crippen LogP contribution in [-0.4, -0.2) is 104 Å². The molecule has 2 unspecified atom stereocenters. The topological polar surface area (TPSA) is 119 Å². The molecule has 4 aromatic rings. The van der Waals surface area contributed by atoms with Gasteiger partial charge in [-0.3, -0.25) is 14.2 Å². The highest BCUT2D eigenvalue weighted by atomic mass is 35.5. The van der Waals surface area contributed by atoms with Crippen LogP contribution in [0.3, 0.4) is 0 Å². The Morgan fingerprint density at radius 2 is 1.96 bits per heavy atom. The molecule has 5 fully saturated rings. The van der Waals surface area contributed by atoms with Crippen molar-refractivity contribution in [3.63, 3.8) is 0 Å². The van der Waals surface area contributed by atoms with Gasteiger partial charge in [0.05, 0.1) is 32.0 Å². The highest BCUT2D eigenvalue weighted by molar-refractivity contribution is 7.86. The van der Waals surface area contributed by atoms with Gasteiger partial charge in [-0.2, -0.15) is 15.1 Å². The number of rotatable bonds is 7. The third-order valence-corrected chi connectivity index (χ3v) is 14.4. The smallest absolute Gasteiger partial charge is 0.319 e. The van der Waals surface area contributed by atoms with E-state index in [1.165, 1.54) is 7.11 Å². The second-order valence-corrected chi connectivity index (χ2v) is 17.0. The number of nitrogens with one attached hydrogen (secondary N) is 1. The molecule has 3 aromatic heterocycles. The van der Waals surface area contributed by atoms with Crippen molar-refractivity contribution in [3.05, 3.63) is 28.7 Å². The monoisotopic (exact) mass is 723 g/mol. The number of hydrogen-bond donors (Lipinski definition) is 1. The number of aromatic amines is 1. The third kappa shape index (κ3) is 5.28. The molecule has 2 aliphatic carbocycles. The van der Waals surface area contributed by atoms with E-state index in [-0.39, 0.29) is 28.5 Å². The number of H-pyrrole nitrogens is 1. The van der Waals surface area contributed by atoms with Crippen LogP contribution in [0.1, 0.15) is 56.9 Å². The molecule has 3 saturated heterocycles. The number of hydrogen-bond acceptors (Lipinski definition) is 10. The van der Waals surface area contributed by atoms with Gasteiger partial charge in [-0.05, 0) is 75.5 Å². The predicted octanol–water partition coefficient (Wildman–Crippen LogP) is 5.83. The molecule has 9 rings (SSSR count). The second-order valence-electron chi connectivity index (χ2n) is 15.2. The summed E-state index contributed by atoms with van der Waals surface area (Å²) in [5.74, 6) is 1.92. The molecule has 0 radical (unpaired) electrons. The Hall–Kier alpha value is -3.13. The SMILES string of the molecule is COc1nc(-c2c(C)c(Cl)cc3[nH]ncc23)c(F)c2nc(OCC34CCCC3N(C3CC5(C3)CS(=O)C5)CCC4)nc(N3CCCOCC3)c12. The van der Waals surface area contributed by atoms with E-state index in [1.807, 2.05) is 6.92 Å². The lowest BCUT2D eigenvalue weighted by molar-refractivity contribution is -0.0719. The Bertz CT molecular complexity index is 1990. The Morgan fingerprint density at radius 1 is 1.12 bits per heavy atom. The summed E-state index contributed by atoms with van der Waals surface area (Å²) in [4.78, 5) is 19.4. The molecule has 1 aromatic carbocycles. The first-order chi connectivity index (χ1) is 24.3. The van der Waals surface area contributed by atoms with E-state index >= 15 is 4.39 Å². The van der Waals surface area contributed by atoms with Crippen LogP contribution in [0.5, 0.6) is 11.9 Å². The summed E-state index contributed by atoms with van der Waals surface area (Å²) in [6.45, 7) is 5.86. The minimum absolute atomic E-state index is 0.0111. The van der Waals surface area contributed by atoms with Crippen LogP contribution in [0.2, 0.25) is 5.02 Å². The van der Waals surface area contributed by atoms with Crippen molar-refractivity contribution < 1.29 is 22.8 Å². The zero-order valence-corrected chi connectivity index (χ0v) is 30.2. The summed E-state index contributed by atoms with van der Waals surface area (Å²) < 4.78 is 47.3. The molecule has 0 bridgehead atoms. The summed E-state index contributed by atoms with van der Waals surface area (Å²) in [5, 5.41) is 8.72. The molecule has 50 heavy (non-hydrogen) atoms. The number of methoxy groups -OCH3 is 1. The Balaban J connectivity index is 1.10. The van der Waals surface area contributed by atoms with Gasteiger partial charge in [0.15, 0.2) is 5.82 Å². The number of aromatic nitrogens is 5. The normalized spacial score (nSPS) is 29.9. The zero-order valence-electron chi connectivity index (χ0n) is 28.6. The maximum Gasteiger partial charge on any atom is 0.319 e. The lowest BCUT2D eigenvalue weighted by Gasteiger charge is -2.60. The van der Waals surface area contributed by atoms with Crippen molar-refractivity contribution >= 4 is 50.0 Å². The van der Waals surface area contributed by atoms with Crippen molar-refractivity contribution in [2.45, 2.75) is 70.4 Å². The van der Waals surface area contributed by atoms with Crippen LogP contribution in [0.25, 0.3) is 33.1 Å². The minimum atomic E-state index is -0.618. The molecule has 11 nitrogen and oxygen atoms in total. The minimum Gasteiger partial charge on any atom is -0.480 e. The van der Waals surface area contributed by atoms with Gasteiger partial charge in [-0.15, -0.1) is 0 Å². The molecule has 2 atom stereocenters. The molecule has 5 aliphatic rings. The highest BCUT2D eigenvalue weighted by Gasteiger charge is 2.58. The van der Waals surface area contributed by atoms with E-state index in [1.54, 1.807) is 12.3 Å². The average Bonchev–Trinajstić information content (AvgIpc) is 3.64. The highest BCUT2D eigenvalue weighted by Crippen LogP contribution is 2.55. The standard InChI is InChI=1S/C36H43ClFN7O4S/c1-21-24(37)14-25-23(17-39-43-25)27(21)30-29(38)31-28(33(40-30)47-2)32(44-9-5-12-48-13-11-44)42-34(41-31)49-18-36-7-3-6-26(36)45(10-4-8-36)22-15-35(16-22)19-50(46)20-35/h14,17,22,26H,3-13,15-16,18-20H2,1-2H3,(H,39,43). The number of benzene rings is 1. The van der Waals surface area contributed by atoms with Gasteiger partial charge in [0.25, 0.3) is 0 Å². The van der Waals surface area contributed by atoms with E-state index in [2.05, 4.69) is 20.0 Å². The Kier molecular flexibility index (Phi) is 8.20. The van der Waals surface area contributed by atoms with Crippen molar-refractivity contribution in [3.8, 4) is 23.1 Å². The number of likely N-dealkylation sites (tertiary alicyclic amines) is 1. The van der Waals surface area contributed by atoms with Gasteiger partial charge in [-0.25, -0.2) is 9.37 Å². The number of piperidine rings is 1. The Morgan fingerprint density at radius 3 is 2.78 bits per heavy atom. The molecule has 1 spiro atoms. The largest absolute Gasteiger partial charge is 0.480 e. The number of pyridine rings is 1. The number of halogens is 2. The average molecular weight is 724 g/mol. The van der Waals surface area contributed by atoms with Gasteiger partial charge in [0.2, 0.25) is 5.88 Å². The number of anilines is 1. The zero-order chi connectivity index (χ0) is 34.2. The van der Waals surface area contributed by atoms with Gasteiger partial charge >= 0.3 is 6.01 Å². The first-order valence-electron chi connectivity index (χ1n) is 17.9. The van der Waals surface area contributed by atoms with Crippen LogP contribution < -0.4 is 14.4 Å². The van der Waals surface area contributed by atoms with E-state index in [4.69, 9.17) is 40.8 Å². The quantitative estimate of drug-likeness (QED) is 0.250. The molecule has 2 saturated carbocycles. The van der Waals surface area contributed by atoms with Crippen LogP contribution in [0.15, 0.2) is 12.3 Å². The summed E-state index contributed by atoms with van der Waals surface area (Å²) in [5.41, 5.74) is 2.38. The molecule has 14 heteroatoms. The number of nitrogens with zero attached hydrogens (tertiary/aromatic N) is 6. The van der Waals surface area contributed by atoms with Crippen LogP contribution >= 0.6 is 11.6 Å². The lowest BCUT2D eigenvalue weighted by atomic mass is 9.64. The summed E-state index contributed by atoms with van der Waals surface area (Å²) >= 11 is 6.63. The summed E-state index contributed by atoms with van der Waals surface area (Å²) in [6.07, 6.45) is 10.4. The Labute approximate surface area is 298 Å². The van der Waals surface area contributed by atoms with Crippen molar-refractivity contribution in [1.82, 2.24) is 30.0 Å². The van der Waals surface area contributed by atoms with E-state index in [0.29, 0.717) is 88.7 Å². The molecule has 0 amide bonds. The van der Waals surface area contributed by atoms with E-state index < -0.39 is 16.6 Å². The first kappa shape index (κ1) is 32.8. The van der Waals surface area contributed by atoms with Gasteiger partial charge in [-0.1, -0.05) is 18.0 Å². The summed E-state index contributed by atoms with van der Waals surface area (Å²) in [6, 6.07) is 2.94. The molecule has 3 aliphatic heterocycles. The predicted molar refractivity (Wildman–Crippen MR) is 191 cm³/mol. The van der Waals surface area contributed by atoms with Crippen molar-refractivity contribution in [2.24, 2.45) is 10.8 Å². The lowest BCUT2D eigenvalue weighted by Crippen LogP contribution is -2.65. The third-order valence-electron chi connectivity index (χ3n) is 12.2. The van der Waals surface area contributed by atoms with E-state index in [0.717, 1.165) is 69.4 Å². The molecule has 266 valence electrons.